The molecular weight excluding hydrogens is 378 g/mol. The molecule has 1 aromatic carbocycles. The first-order valence-corrected chi connectivity index (χ1v) is 9.92. The molecule has 3 N–H and O–H groups in total. The van der Waals surface area contributed by atoms with Crippen molar-refractivity contribution in [3.63, 3.8) is 0 Å². The van der Waals surface area contributed by atoms with Crippen molar-refractivity contribution in [2.24, 2.45) is 5.73 Å². The molecule has 0 saturated heterocycles. The van der Waals surface area contributed by atoms with Gasteiger partial charge in [0.2, 0.25) is 5.91 Å². The van der Waals surface area contributed by atoms with E-state index in [1.165, 1.54) is 11.3 Å². The van der Waals surface area contributed by atoms with E-state index in [2.05, 4.69) is 5.32 Å². The van der Waals surface area contributed by atoms with Crippen LogP contribution in [0.2, 0.25) is 0 Å². The molecule has 0 aliphatic carbocycles. The van der Waals surface area contributed by atoms with Crippen LogP contribution in [0.1, 0.15) is 38.8 Å². The molecule has 2 aromatic rings. The Morgan fingerprint density at radius 2 is 2.11 bits per heavy atom. The zero-order chi connectivity index (χ0) is 20.3. The molecule has 3 amide bonds. The van der Waals surface area contributed by atoms with Gasteiger partial charge in [0.15, 0.2) is 0 Å². The molecule has 0 saturated carbocycles. The molecule has 28 heavy (non-hydrogen) atoms. The quantitative estimate of drug-likeness (QED) is 0.804. The lowest BCUT2D eigenvalue weighted by Gasteiger charge is -2.26. The van der Waals surface area contributed by atoms with Crippen LogP contribution in [0.15, 0.2) is 24.3 Å². The standard InChI is InChI=1S/C20H23N3O4S/c1-3-27-20(26)23-8-7-14-15(11-23)28-19(17(14)18(21)25)22-16(24)10-13-6-4-5-12(2)9-13/h4-6,9H,3,7-8,10-11H2,1-2H3,(H2,21,25)(H,22,24). The van der Waals surface area contributed by atoms with Crippen LogP contribution in [0.5, 0.6) is 0 Å². The summed E-state index contributed by atoms with van der Waals surface area (Å²) < 4.78 is 5.05. The average molecular weight is 401 g/mol. The number of nitrogens with zero attached hydrogens (tertiary/aromatic N) is 1. The molecule has 1 aromatic heterocycles. The van der Waals surface area contributed by atoms with Gasteiger partial charge >= 0.3 is 6.09 Å². The van der Waals surface area contributed by atoms with E-state index in [0.717, 1.165) is 21.6 Å². The van der Waals surface area contributed by atoms with Crippen LogP contribution in [0.4, 0.5) is 9.80 Å². The molecule has 1 aliphatic heterocycles. The predicted octanol–water partition coefficient (Wildman–Crippen LogP) is 2.85. The summed E-state index contributed by atoms with van der Waals surface area (Å²) in [4.78, 5) is 39.0. The maximum absolute atomic E-state index is 12.5. The SMILES string of the molecule is CCOC(=O)N1CCc2c(sc(NC(=O)Cc3cccc(C)c3)c2C(N)=O)C1. The molecule has 0 fully saturated rings. The number of ether oxygens (including phenoxy) is 1. The van der Waals surface area contributed by atoms with E-state index >= 15 is 0 Å². The fourth-order valence-corrected chi connectivity index (χ4v) is 4.59. The van der Waals surface area contributed by atoms with E-state index in [1.807, 2.05) is 31.2 Å². The van der Waals surface area contributed by atoms with Gasteiger partial charge in [-0.1, -0.05) is 29.8 Å². The second-order valence-corrected chi connectivity index (χ2v) is 7.76. The van der Waals surface area contributed by atoms with Crippen molar-refractivity contribution in [3.8, 4) is 0 Å². The normalized spacial score (nSPS) is 13.0. The lowest BCUT2D eigenvalue weighted by molar-refractivity contribution is -0.115. The van der Waals surface area contributed by atoms with Gasteiger partial charge in [0.25, 0.3) is 5.91 Å². The molecule has 7 nitrogen and oxygen atoms in total. The van der Waals surface area contributed by atoms with Crippen LogP contribution in [-0.2, 0) is 28.9 Å². The molecule has 148 valence electrons. The van der Waals surface area contributed by atoms with Crippen molar-refractivity contribution in [2.45, 2.75) is 33.2 Å². The Kier molecular flexibility index (Phi) is 5.99. The highest BCUT2D eigenvalue weighted by Crippen LogP contribution is 2.37. The molecule has 0 bridgehead atoms. The molecule has 0 atom stereocenters. The number of anilines is 1. The number of aryl methyl sites for hydroxylation is 1. The van der Waals surface area contributed by atoms with E-state index in [9.17, 15) is 14.4 Å². The van der Waals surface area contributed by atoms with Gasteiger partial charge in [-0.3, -0.25) is 9.59 Å². The molecule has 1 aliphatic rings. The smallest absolute Gasteiger partial charge is 0.410 e. The Morgan fingerprint density at radius 1 is 1.32 bits per heavy atom. The van der Waals surface area contributed by atoms with Crippen molar-refractivity contribution in [1.29, 1.82) is 0 Å². The average Bonchev–Trinajstić information content (AvgIpc) is 2.98. The lowest BCUT2D eigenvalue weighted by atomic mass is 10.0. The number of hydrogen-bond acceptors (Lipinski definition) is 5. The van der Waals surface area contributed by atoms with Gasteiger partial charge < -0.3 is 20.7 Å². The van der Waals surface area contributed by atoms with Crippen molar-refractivity contribution < 1.29 is 19.1 Å². The number of benzene rings is 1. The summed E-state index contributed by atoms with van der Waals surface area (Å²) in [5.41, 5.74) is 8.72. The van der Waals surface area contributed by atoms with Crippen LogP contribution in [-0.4, -0.2) is 36.0 Å². The van der Waals surface area contributed by atoms with Crippen molar-refractivity contribution >= 4 is 34.2 Å². The summed E-state index contributed by atoms with van der Waals surface area (Å²) in [5.74, 6) is -0.790. The summed E-state index contributed by atoms with van der Waals surface area (Å²) in [7, 11) is 0. The fraction of sp³-hybridized carbons (Fsp3) is 0.350. The number of rotatable bonds is 5. The largest absolute Gasteiger partial charge is 0.450 e. The van der Waals surface area contributed by atoms with E-state index in [4.69, 9.17) is 10.5 Å². The van der Waals surface area contributed by atoms with Crippen LogP contribution >= 0.6 is 11.3 Å². The Morgan fingerprint density at radius 3 is 2.79 bits per heavy atom. The summed E-state index contributed by atoms with van der Waals surface area (Å²) in [6, 6.07) is 7.71. The Balaban J connectivity index is 1.79. The molecule has 0 spiro atoms. The van der Waals surface area contributed by atoms with Crippen LogP contribution in [0.25, 0.3) is 0 Å². The summed E-state index contributed by atoms with van der Waals surface area (Å²) in [6.07, 6.45) is 0.320. The Labute approximate surface area is 167 Å². The van der Waals surface area contributed by atoms with Crippen molar-refractivity contribution in [3.05, 3.63) is 51.4 Å². The van der Waals surface area contributed by atoms with Gasteiger partial charge in [-0.15, -0.1) is 11.3 Å². The van der Waals surface area contributed by atoms with Crippen molar-refractivity contribution in [1.82, 2.24) is 4.90 Å². The predicted molar refractivity (Wildman–Crippen MR) is 107 cm³/mol. The summed E-state index contributed by atoms with van der Waals surface area (Å²) in [6.45, 7) is 4.81. The molecule has 8 heteroatoms. The van der Waals surface area contributed by atoms with Gasteiger partial charge in [0, 0.05) is 11.4 Å². The van der Waals surface area contributed by atoms with Crippen molar-refractivity contribution in [2.75, 3.05) is 18.5 Å². The highest BCUT2D eigenvalue weighted by atomic mass is 32.1. The second kappa shape index (κ2) is 8.43. The Bertz CT molecular complexity index is 922. The minimum absolute atomic E-state index is 0.206. The number of nitrogens with two attached hydrogens (primary N) is 1. The minimum atomic E-state index is -0.576. The number of carbonyl (C=O) groups excluding carboxylic acids is 3. The number of primary amides is 1. The van der Waals surface area contributed by atoms with Gasteiger partial charge in [0.1, 0.15) is 5.00 Å². The number of hydrogen-bond donors (Lipinski definition) is 2. The molecular formula is C20H23N3O4S. The maximum atomic E-state index is 12.5. The third-order valence-corrected chi connectivity index (χ3v) is 5.66. The van der Waals surface area contributed by atoms with Gasteiger partial charge in [-0.25, -0.2) is 4.79 Å². The summed E-state index contributed by atoms with van der Waals surface area (Å²) >= 11 is 1.29. The highest BCUT2D eigenvalue weighted by molar-refractivity contribution is 7.17. The molecule has 0 radical (unpaired) electrons. The minimum Gasteiger partial charge on any atom is -0.450 e. The number of thiophene rings is 1. The Hall–Kier alpha value is -2.87. The fourth-order valence-electron chi connectivity index (χ4n) is 3.30. The van der Waals surface area contributed by atoms with E-state index in [0.29, 0.717) is 36.7 Å². The number of amides is 3. The first kappa shape index (κ1) is 19.9. The lowest BCUT2D eigenvalue weighted by Crippen LogP contribution is -2.36. The molecule has 2 heterocycles. The topological polar surface area (TPSA) is 102 Å². The van der Waals surface area contributed by atoms with Crippen LogP contribution in [0.3, 0.4) is 0 Å². The highest BCUT2D eigenvalue weighted by Gasteiger charge is 2.30. The van der Waals surface area contributed by atoms with Gasteiger partial charge in [0.05, 0.1) is 25.1 Å². The van der Waals surface area contributed by atoms with Gasteiger partial charge in [-0.2, -0.15) is 0 Å². The molecule has 0 unspecified atom stereocenters. The maximum Gasteiger partial charge on any atom is 0.410 e. The van der Waals surface area contributed by atoms with Crippen LogP contribution < -0.4 is 11.1 Å². The third kappa shape index (κ3) is 4.33. The zero-order valence-corrected chi connectivity index (χ0v) is 16.7. The van der Waals surface area contributed by atoms with E-state index in [-0.39, 0.29) is 18.4 Å². The van der Waals surface area contributed by atoms with Crippen LogP contribution in [0, 0.1) is 6.92 Å². The number of fused-ring (bicyclic) bond motifs is 1. The first-order chi connectivity index (χ1) is 13.4. The first-order valence-electron chi connectivity index (χ1n) is 9.10. The number of carbonyl (C=O) groups is 3. The number of nitrogens with one attached hydrogen (secondary N) is 1. The monoisotopic (exact) mass is 401 g/mol. The summed E-state index contributed by atoms with van der Waals surface area (Å²) in [5, 5.41) is 3.28. The van der Waals surface area contributed by atoms with E-state index in [1.54, 1.807) is 11.8 Å². The second-order valence-electron chi connectivity index (χ2n) is 6.66. The zero-order valence-electron chi connectivity index (χ0n) is 15.9. The third-order valence-electron chi connectivity index (χ3n) is 4.53. The van der Waals surface area contributed by atoms with Gasteiger partial charge in [-0.05, 0) is 31.4 Å². The van der Waals surface area contributed by atoms with E-state index < -0.39 is 5.91 Å². The molecule has 3 rings (SSSR count).